The van der Waals surface area contributed by atoms with Gasteiger partial charge < -0.3 is 10.8 Å². The van der Waals surface area contributed by atoms with Crippen LogP contribution in [0.4, 0.5) is 4.39 Å². The first-order valence-corrected chi connectivity index (χ1v) is 6.79. The van der Waals surface area contributed by atoms with Gasteiger partial charge in [0.05, 0.1) is 5.60 Å². The molecule has 2 rings (SSSR count). The number of hydrogen-bond donors (Lipinski definition) is 2. The number of rotatable bonds is 4. The van der Waals surface area contributed by atoms with E-state index in [9.17, 15) is 9.50 Å². The lowest BCUT2D eigenvalue weighted by atomic mass is 9.77. The highest BCUT2D eigenvalue weighted by molar-refractivity contribution is 5.17. The van der Waals surface area contributed by atoms with Crippen LogP contribution in [0.15, 0.2) is 24.3 Å². The summed E-state index contributed by atoms with van der Waals surface area (Å²) in [6.45, 7) is 0.354. The second-order valence-electron chi connectivity index (χ2n) is 5.50. The molecule has 0 atom stereocenters. The Morgan fingerprint density at radius 3 is 2.56 bits per heavy atom. The largest absolute Gasteiger partial charge is 0.389 e. The average Bonchev–Trinajstić information content (AvgIpc) is 2.40. The predicted octanol–water partition coefficient (Wildman–Crippen LogP) is 2.64. The second-order valence-corrected chi connectivity index (χ2v) is 5.50. The molecule has 3 N–H and O–H groups in total. The van der Waals surface area contributed by atoms with Crippen molar-refractivity contribution in [2.45, 2.75) is 44.1 Å². The molecule has 0 heterocycles. The molecule has 0 unspecified atom stereocenters. The molecule has 2 nitrogen and oxygen atoms in total. The molecule has 0 radical (unpaired) electrons. The minimum atomic E-state index is -0.644. The Balaban J connectivity index is 1.81. The van der Waals surface area contributed by atoms with Gasteiger partial charge in [0.25, 0.3) is 0 Å². The van der Waals surface area contributed by atoms with Crippen LogP contribution in [-0.2, 0) is 6.42 Å². The van der Waals surface area contributed by atoms with Crippen LogP contribution >= 0.6 is 0 Å². The summed E-state index contributed by atoms with van der Waals surface area (Å²) in [5.41, 5.74) is 5.73. The number of nitrogens with two attached hydrogens (primary N) is 1. The van der Waals surface area contributed by atoms with Crippen LogP contribution in [0.25, 0.3) is 0 Å². The van der Waals surface area contributed by atoms with Crippen LogP contribution in [0.5, 0.6) is 0 Å². The standard InChI is InChI=1S/C15H22FNO/c16-14-4-2-1-3-13(14)6-5-12-7-9-15(18,11-17)10-8-12/h1-4,12,18H,5-11,17H2. The predicted molar refractivity (Wildman–Crippen MR) is 70.7 cm³/mol. The molecule has 0 spiro atoms. The van der Waals surface area contributed by atoms with Crippen molar-refractivity contribution in [1.82, 2.24) is 0 Å². The zero-order chi connectivity index (χ0) is 13.0. The fourth-order valence-corrected chi connectivity index (χ4v) is 2.77. The Bertz CT molecular complexity index is 386. The maximum Gasteiger partial charge on any atom is 0.126 e. The van der Waals surface area contributed by atoms with Gasteiger partial charge in [-0.25, -0.2) is 4.39 Å². The molecule has 1 aromatic carbocycles. The summed E-state index contributed by atoms with van der Waals surface area (Å²) in [5.74, 6) is 0.489. The topological polar surface area (TPSA) is 46.2 Å². The Kier molecular flexibility index (Phi) is 4.36. The van der Waals surface area contributed by atoms with Crippen LogP contribution in [0.3, 0.4) is 0 Å². The zero-order valence-electron chi connectivity index (χ0n) is 10.7. The lowest BCUT2D eigenvalue weighted by molar-refractivity contribution is -0.00196. The normalized spacial score (nSPS) is 28.3. The van der Waals surface area contributed by atoms with E-state index in [0.29, 0.717) is 12.5 Å². The third kappa shape index (κ3) is 3.30. The van der Waals surface area contributed by atoms with Crippen molar-refractivity contribution < 1.29 is 9.50 Å². The molecule has 0 aliphatic heterocycles. The second kappa shape index (κ2) is 5.81. The van der Waals surface area contributed by atoms with Gasteiger partial charge in [0.2, 0.25) is 0 Å². The summed E-state index contributed by atoms with van der Waals surface area (Å²) in [4.78, 5) is 0. The molecular formula is C15H22FNO. The van der Waals surface area contributed by atoms with E-state index in [1.54, 1.807) is 6.07 Å². The Morgan fingerprint density at radius 1 is 1.28 bits per heavy atom. The van der Waals surface area contributed by atoms with E-state index in [0.717, 1.165) is 44.1 Å². The number of aryl methyl sites for hydroxylation is 1. The van der Waals surface area contributed by atoms with Crippen molar-refractivity contribution in [1.29, 1.82) is 0 Å². The van der Waals surface area contributed by atoms with Gasteiger partial charge in [0.1, 0.15) is 5.82 Å². The van der Waals surface area contributed by atoms with E-state index < -0.39 is 5.60 Å². The number of aliphatic hydroxyl groups is 1. The number of benzene rings is 1. The SMILES string of the molecule is NCC1(O)CCC(CCc2ccccc2F)CC1. The zero-order valence-corrected chi connectivity index (χ0v) is 10.7. The lowest BCUT2D eigenvalue weighted by Gasteiger charge is -2.35. The summed E-state index contributed by atoms with van der Waals surface area (Å²) in [6.07, 6.45) is 5.36. The van der Waals surface area contributed by atoms with Gasteiger partial charge in [0.15, 0.2) is 0 Å². The van der Waals surface area contributed by atoms with Crippen molar-refractivity contribution in [2.75, 3.05) is 6.54 Å². The van der Waals surface area contributed by atoms with Gasteiger partial charge >= 0.3 is 0 Å². The maximum atomic E-state index is 13.5. The Hall–Kier alpha value is -0.930. The van der Waals surface area contributed by atoms with E-state index in [4.69, 9.17) is 5.73 Å². The first kappa shape index (κ1) is 13.5. The minimum absolute atomic E-state index is 0.105. The van der Waals surface area contributed by atoms with Gasteiger partial charge in [-0.1, -0.05) is 18.2 Å². The molecule has 1 saturated carbocycles. The summed E-state index contributed by atoms with van der Waals surface area (Å²) in [5, 5.41) is 10.0. The first-order valence-electron chi connectivity index (χ1n) is 6.79. The molecule has 18 heavy (non-hydrogen) atoms. The molecule has 0 saturated heterocycles. The lowest BCUT2D eigenvalue weighted by Crippen LogP contribution is -2.41. The van der Waals surface area contributed by atoms with Gasteiger partial charge in [-0.2, -0.15) is 0 Å². The average molecular weight is 251 g/mol. The van der Waals surface area contributed by atoms with Crippen molar-refractivity contribution in [2.24, 2.45) is 11.7 Å². The third-order valence-electron chi connectivity index (χ3n) is 4.20. The summed E-state index contributed by atoms with van der Waals surface area (Å²) < 4.78 is 13.5. The van der Waals surface area contributed by atoms with Crippen LogP contribution in [0, 0.1) is 11.7 Å². The van der Waals surface area contributed by atoms with E-state index in [-0.39, 0.29) is 5.82 Å². The van der Waals surface area contributed by atoms with E-state index in [2.05, 4.69) is 0 Å². The van der Waals surface area contributed by atoms with Crippen LogP contribution in [0.2, 0.25) is 0 Å². The molecule has 3 heteroatoms. The van der Waals surface area contributed by atoms with Crippen molar-refractivity contribution in [3.63, 3.8) is 0 Å². The van der Waals surface area contributed by atoms with Gasteiger partial charge in [-0.15, -0.1) is 0 Å². The van der Waals surface area contributed by atoms with Gasteiger partial charge in [0, 0.05) is 6.54 Å². The number of hydrogen-bond acceptors (Lipinski definition) is 2. The fourth-order valence-electron chi connectivity index (χ4n) is 2.77. The summed E-state index contributed by atoms with van der Waals surface area (Å²) in [7, 11) is 0. The highest BCUT2D eigenvalue weighted by atomic mass is 19.1. The third-order valence-corrected chi connectivity index (χ3v) is 4.20. The number of halogens is 1. The summed E-state index contributed by atoms with van der Waals surface area (Å²) >= 11 is 0. The van der Waals surface area contributed by atoms with E-state index in [1.807, 2.05) is 12.1 Å². The minimum Gasteiger partial charge on any atom is -0.389 e. The fraction of sp³-hybridized carbons (Fsp3) is 0.600. The molecule has 0 bridgehead atoms. The Morgan fingerprint density at radius 2 is 1.94 bits per heavy atom. The van der Waals surface area contributed by atoms with Gasteiger partial charge in [-0.05, 0) is 56.1 Å². The highest BCUT2D eigenvalue weighted by Gasteiger charge is 2.31. The van der Waals surface area contributed by atoms with Gasteiger partial charge in [-0.3, -0.25) is 0 Å². The smallest absolute Gasteiger partial charge is 0.126 e. The Labute approximate surface area is 108 Å². The van der Waals surface area contributed by atoms with Crippen LogP contribution in [-0.4, -0.2) is 17.3 Å². The van der Waals surface area contributed by atoms with Crippen LogP contribution in [0.1, 0.15) is 37.7 Å². The molecule has 1 aromatic rings. The molecule has 0 aromatic heterocycles. The van der Waals surface area contributed by atoms with Crippen molar-refractivity contribution in [3.05, 3.63) is 35.6 Å². The van der Waals surface area contributed by atoms with E-state index >= 15 is 0 Å². The molecule has 100 valence electrons. The molecule has 1 aliphatic rings. The maximum absolute atomic E-state index is 13.5. The van der Waals surface area contributed by atoms with E-state index in [1.165, 1.54) is 6.07 Å². The van der Waals surface area contributed by atoms with Crippen molar-refractivity contribution in [3.8, 4) is 0 Å². The van der Waals surface area contributed by atoms with Crippen LogP contribution < -0.4 is 5.73 Å². The highest BCUT2D eigenvalue weighted by Crippen LogP contribution is 2.33. The first-order chi connectivity index (χ1) is 8.63. The summed E-state index contributed by atoms with van der Waals surface area (Å²) in [6, 6.07) is 6.98. The molecule has 0 amide bonds. The molecule has 1 fully saturated rings. The monoisotopic (exact) mass is 251 g/mol. The van der Waals surface area contributed by atoms with Crippen molar-refractivity contribution >= 4 is 0 Å². The quantitative estimate of drug-likeness (QED) is 0.864. The molecule has 1 aliphatic carbocycles. The molecular weight excluding hydrogens is 229 g/mol.